The minimum Gasteiger partial charge on any atom is -0.371 e. The summed E-state index contributed by atoms with van der Waals surface area (Å²) >= 11 is 3.56. The van der Waals surface area contributed by atoms with Crippen molar-refractivity contribution < 1.29 is 8.42 Å². The molecule has 1 saturated heterocycles. The summed E-state index contributed by atoms with van der Waals surface area (Å²) in [6, 6.07) is 8.25. The fourth-order valence-corrected chi connectivity index (χ4v) is 5.25. The SMILES string of the molecule is CCN(C1CCN(c2ccnc3c(Br)cccc23)CC1)S(C)(=O)=O. The number of nitrogens with zero attached hydrogens (tertiary/aromatic N) is 3. The molecule has 1 aromatic heterocycles. The van der Waals surface area contributed by atoms with E-state index in [1.807, 2.05) is 31.3 Å². The monoisotopic (exact) mass is 411 g/mol. The van der Waals surface area contributed by atoms with Gasteiger partial charge in [0.05, 0.1) is 11.8 Å². The Balaban J connectivity index is 1.82. The fraction of sp³-hybridized carbons (Fsp3) is 0.471. The predicted octanol–water partition coefficient (Wildman–Crippen LogP) is 3.25. The average molecular weight is 412 g/mol. The Morgan fingerprint density at radius 3 is 2.62 bits per heavy atom. The molecular formula is C17H22BrN3O2S. The van der Waals surface area contributed by atoms with E-state index in [-0.39, 0.29) is 6.04 Å². The third-order valence-electron chi connectivity index (χ3n) is 4.65. The second kappa shape index (κ2) is 6.98. The van der Waals surface area contributed by atoms with Gasteiger partial charge in [-0.05, 0) is 40.9 Å². The quantitative estimate of drug-likeness (QED) is 0.774. The maximum atomic E-state index is 11.9. The summed E-state index contributed by atoms with van der Waals surface area (Å²) in [5, 5.41) is 1.13. The van der Waals surface area contributed by atoms with E-state index in [1.165, 1.54) is 11.9 Å². The van der Waals surface area contributed by atoms with E-state index in [0.717, 1.165) is 41.3 Å². The highest BCUT2D eigenvalue weighted by molar-refractivity contribution is 9.10. The second-order valence-electron chi connectivity index (χ2n) is 6.15. The number of halogens is 1. The van der Waals surface area contributed by atoms with Crippen LogP contribution in [0.1, 0.15) is 19.8 Å². The molecule has 0 bridgehead atoms. The first-order chi connectivity index (χ1) is 11.4. The summed E-state index contributed by atoms with van der Waals surface area (Å²) in [5.41, 5.74) is 2.13. The minimum atomic E-state index is -3.14. The Morgan fingerprint density at radius 2 is 2.00 bits per heavy atom. The Hall–Kier alpha value is -1.18. The Bertz CT molecular complexity index is 833. The maximum absolute atomic E-state index is 11.9. The van der Waals surface area contributed by atoms with Gasteiger partial charge in [0.25, 0.3) is 0 Å². The number of pyridine rings is 1. The lowest BCUT2D eigenvalue weighted by molar-refractivity contribution is 0.285. The van der Waals surface area contributed by atoms with Crippen molar-refractivity contribution in [3.8, 4) is 0 Å². The van der Waals surface area contributed by atoms with Crippen molar-refractivity contribution in [2.24, 2.45) is 0 Å². The van der Waals surface area contributed by atoms with Crippen molar-refractivity contribution in [2.75, 3.05) is 30.8 Å². The van der Waals surface area contributed by atoms with Gasteiger partial charge in [-0.15, -0.1) is 0 Å². The summed E-state index contributed by atoms with van der Waals surface area (Å²) in [5.74, 6) is 0. The predicted molar refractivity (Wildman–Crippen MR) is 102 cm³/mol. The first-order valence-corrected chi connectivity index (χ1v) is 10.8. The third kappa shape index (κ3) is 3.43. The standard InChI is InChI=1S/C17H22BrN3O2S/c1-3-21(24(2,22)23)13-8-11-20(12-9-13)16-7-10-19-17-14(16)5-4-6-15(17)18/h4-7,10,13H,3,8-9,11-12H2,1-2H3. The Morgan fingerprint density at radius 1 is 1.29 bits per heavy atom. The lowest BCUT2D eigenvalue weighted by Crippen LogP contribution is -2.47. The molecule has 2 aromatic rings. The Labute approximate surface area is 151 Å². The number of para-hydroxylation sites is 1. The topological polar surface area (TPSA) is 53.5 Å². The van der Waals surface area contributed by atoms with Crippen molar-refractivity contribution in [3.05, 3.63) is 34.9 Å². The number of hydrogen-bond donors (Lipinski definition) is 0. The number of sulfonamides is 1. The zero-order valence-corrected chi connectivity index (χ0v) is 16.3. The Kier molecular flexibility index (Phi) is 5.13. The smallest absolute Gasteiger partial charge is 0.211 e. The van der Waals surface area contributed by atoms with Gasteiger partial charge < -0.3 is 4.90 Å². The van der Waals surface area contributed by atoms with Crippen LogP contribution in [0.15, 0.2) is 34.9 Å². The van der Waals surface area contributed by atoms with E-state index in [4.69, 9.17) is 0 Å². The van der Waals surface area contributed by atoms with Crippen LogP contribution in [0.4, 0.5) is 5.69 Å². The van der Waals surface area contributed by atoms with E-state index in [0.29, 0.717) is 6.54 Å². The van der Waals surface area contributed by atoms with Crippen molar-refractivity contribution in [1.82, 2.24) is 9.29 Å². The molecule has 24 heavy (non-hydrogen) atoms. The van der Waals surface area contributed by atoms with E-state index in [2.05, 4.69) is 31.9 Å². The maximum Gasteiger partial charge on any atom is 0.211 e. The molecular weight excluding hydrogens is 390 g/mol. The van der Waals surface area contributed by atoms with Gasteiger partial charge in [0, 0.05) is 47.4 Å². The van der Waals surface area contributed by atoms with Crippen LogP contribution in [0.2, 0.25) is 0 Å². The zero-order chi connectivity index (χ0) is 17.3. The van der Waals surface area contributed by atoms with Gasteiger partial charge >= 0.3 is 0 Å². The van der Waals surface area contributed by atoms with Crippen molar-refractivity contribution in [2.45, 2.75) is 25.8 Å². The van der Waals surface area contributed by atoms with Crippen molar-refractivity contribution in [1.29, 1.82) is 0 Å². The van der Waals surface area contributed by atoms with E-state index in [1.54, 1.807) is 4.31 Å². The molecule has 0 spiro atoms. The second-order valence-corrected chi connectivity index (χ2v) is 8.94. The van der Waals surface area contributed by atoms with E-state index in [9.17, 15) is 8.42 Å². The first kappa shape index (κ1) is 17.6. The fourth-order valence-electron chi connectivity index (χ4n) is 3.56. The molecule has 0 aliphatic carbocycles. The van der Waals surface area contributed by atoms with Crippen LogP contribution < -0.4 is 4.90 Å². The minimum absolute atomic E-state index is 0.0982. The van der Waals surface area contributed by atoms with Crippen molar-refractivity contribution >= 4 is 42.5 Å². The number of anilines is 1. The number of rotatable bonds is 4. The first-order valence-electron chi connectivity index (χ1n) is 8.17. The molecule has 1 aromatic carbocycles. The number of benzene rings is 1. The van der Waals surface area contributed by atoms with Gasteiger partial charge in [-0.1, -0.05) is 19.1 Å². The van der Waals surface area contributed by atoms with Gasteiger partial charge in [-0.3, -0.25) is 4.98 Å². The highest BCUT2D eigenvalue weighted by Crippen LogP contribution is 2.32. The molecule has 2 heterocycles. The van der Waals surface area contributed by atoms with Crippen molar-refractivity contribution in [3.63, 3.8) is 0 Å². The van der Waals surface area contributed by atoms with Crippen LogP contribution in [0, 0.1) is 0 Å². The molecule has 0 radical (unpaired) electrons. The average Bonchev–Trinajstić information content (AvgIpc) is 2.55. The molecule has 130 valence electrons. The molecule has 7 heteroatoms. The summed E-state index contributed by atoms with van der Waals surface area (Å²) in [6.07, 6.45) is 4.83. The van der Waals surface area contributed by atoms with Gasteiger partial charge in [0.2, 0.25) is 10.0 Å². The lowest BCUT2D eigenvalue weighted by Gasteiger charge is -2.38. The zero-order valence-electron chi connectivity index (χ0n) is 13.9. The molecule has 1 aliphatic heterocycles. The third-order valence-corrected chi connectivity index (χ3v) is 6.70. The van der Waals surface area contributed by atoms with Crippen LogP contribution in [-0.4, -0.2) is 49.6 Å². The lowest BCUT2D eigenvalue weighted by atomic mass is 10.0. The van der Waals surface area contributed by atoms with Gasteiger partial charge in [0.1, 0.15) is 0 Å². The van der Waals surface area contributed by atoms with Crippen LogP contribution in [-0.2, 0) is 10.0 Å². The molecule has 3 rings (SSSR count). The van der Waals surface area contributed by atoms with Gasteiger partial charge in [-0.2, -0.15) is 4.31 Å². The van der Waals surface area contributed by atoms with Crippen LogP contribution in [0.3, 0.4) is 0 Å². The van der Waals surface area contributed by atoms with Gasteiger partial charge in [0.15, 0.2) is 0 Å². The molecule has 0 amide bonds. The highest BCUT2D eigenvalue weighted by atomic mass is 79.9. The molecule has 0 unspecified atom stereocenters. The van der Waals surface area contributed by atoms with E-state index < -0.39 is 10.0 Å². The normalized spacial score (nSPS) is 16.9. The molecule has 1 fully saturated rings. The summed E-state index contributed by atoms with van der Waals surface area (Å²) in [4.78, 5) is 6.80. The summed E-state index contributed by atoms with van der Waals surface area (Å²) < 4.78 is 26.5. The molecule has 1 aliphatic rings. The van der Waals surface area contributed by atoms with Crippen LogP contribution in [0.25, 0.3) is 10.9 Å². The largest absolute Gasteiger partial charge is 0.371 e. The number of piperidine rings is 1. The molecule has 0 N–H and O–H groups in total. The molecule has 0 saturated carbocycles. The highest BCUT2D eigenvalue weighted by Gasteiger charge is 2.29. The van der Waals surface area contributed by atoms with Crippen LogP contribution >= 0.6 is 15.9 Å². The van der Waals surface area contributed by atoms with Crippen LogP contribution in [0.5, 0.6) is 0 Å². The number of hydrogen-bond acceptors (Lipinski definition) is 4. The number of fused-ring (bicyclic) bond motifs is 1. The van der Waals surface area contributed by atoms with Gasteiger partial charge in [-0.25, -0.2) is 8.42 Å². The number of aromatic nitrogens is 1. The summed E-state index contributed by atoms with van der Waals surface area (Å²) in [6.45, 7) is 4.14. The summed E-state index contributed by atoms with van der Waals surface area (Å²) in [7, 11) is -3.14. The van der Waals surface area contributed by atoms with E-state index >= 15 is 0 Å². The molecule has 5 nitrogen and oxygen atoms in total. The molecule has 0 atom stereocenters.